The first kappa shape index (κ1) is 8.61. The molecule has 0 amide bonds. The van der Waals surface area contributed by atoms with Gasteiger partial charge in [-0.3, -0.25) is 0 Å². The Bertz CT molecular complexity index is 334. The first-order valence-electron chi connectivity index (χ1n) is 3.88. The van der Waals surface area contributed by atoms with E-state index >= 15 is 0 Å². The molecule has 62 valence electrons. The molecule has 1 aromatic rings. The van der Waals surface area contributed by atoms with Crippen molar-refractivity contribution in [2.45, 2.75) is 13.8 Å². The summed E-state index contributed by atoms with van der Waals surface area (Å²) in [6.45, 7) is 4.05. The second-order valence-electron chi connectivity index (χ2n) is 2.84. The van der Waals surface area contributed by atoms with Crippen molar-refractivity contribution >= 4 is 5.69 Å². The standard InChI is InChI=1S/C10H12N2/c1-7-4-9(6-11)10(12-3)5-8(7)2/h4-5,12H,1-3H3. The number of anilines is 1. The van der Waals surface area contributed by atoms with Gasteiger partial charge >= 0.3 is 0 Å². The lowest BCUT2D eigenvalue weighted by atomic mass is 10.0. The summed E-state index contributed by atoms with van der Waals surface area (Å²) in [6.07, 6.45) is 0. The van der Waals surface area contributed by atoms with Crippen LogP contribution in [-0.2, 0) is 0 Å². The lowest BCUT2D eigenvalue weighted by molar-refractivity contribution is 1.31. The minimum atomic E-state index is 0.709. The van der Waals surface area contributed by atoms with E-state index in [0.29, 0.717) is 5.56 Å². The third kappa shape index (κ3) is 1.40. The van der Waals surface area contributed by atoms with E-state index in [1.807, 2.05) is 33.0 Å². The zero-order chi connectivity index (χ0) is 9.14. The van der Waals surface area contributed by atoms with Gasteiger partial charge in [0.15, 0.2) is 0 Å². The molecule has 0 saturated carbocycles. The summed E-state index contributed by atoms with van der Waals surface area (Å²) >= 11 is 0. The van der Waals surface area contributed by atoms with E-state index in [9.17, 15) is 0 Å². The van der Waals surface area contributed by atoms with Crippen LogP contribution in [0.5, 0.6) is 0 Å². The fourth-order valence-electron chi connectivity index (χ4n) is 1.12. The summed E-state index contributed by atoms with van der Waals surface area (Å²) in [5, 5.41) is 11.8. The molecule has 0 heterocycles. The van der Waals surface area contributed by atoms with E-state index in [4.69, 9.17) is 5.26 Å². The summed E-state index contributed by atoms with van der Waals surface area (Å²) in [4.78, 5) is 0. The van der Waals surface area contributed by atoms with E-state index in [1.54, 1.807) is 0 Å². The maximum atomic E-state index is 8.77. The van der Waals surface area contributed by atoms with Gasteiger partial charge in [0.1, 0.15) is 6.07 Å². The average Bonchev–Trinajstić information content (AvgIpc) is 2.09. The Labute approximate surface area is 72.8 Å². The highest BCUT2D eigenvalue weighted by atomic mass is 14.8. The summed E-state index contributed by atoms with van der Waals surface area (Å²) < 4.78 is 0. The normalized spacial score (nSPS) is 9.17. The number of benzene rings is 1. The van der Waals surface area contributed by atoms with Crippen molar-refractivity contribution in [1.29, 1.82) is 5.26 Å². The molecule has 2 heteroatoms. The van der Waals surface area contributed by atoms with Crippen molar-refractivity contribution in [2.75, 3.05) is 12.4 Å². The molecule has 0 unspecified atom stereocenters. The van der Waals surface area contributed by atoms with Gasteiger partial charge in [-0.25, -0.2) is 0 Å². The van der Waals surface area contributed by atoms with E-state index in [2.05, 4.69) is 11.4 Å². The van der Waals surface area contributed by atoms with Gasteiger partial charge in [0.2, 0.25) is 0 Å². The average molecular weight is 160 g/mol. The number of nitrogens with zero attached hydrogens (tertiary/aromatic N) is 1. The van der Waals surface area contributed by atoms with Crippen LogP contribution in [0.15, 0.2) is 12.1 Å². The van der Waals surface area contributed by atoms with Gasteiger partial charge in [0, 0.05) is 7.05 Å². The predicted molar refractivity (Wildman–Crippen MR) is 50.2 cm³/mol. The maximum absolute atomic E-state index is 8.77. The van der Waals surface area contributed by atoms with Crippen molar-refractivity contribution in [1.82, 2.24) is 0 Å². The summed E-state index contributed by atoms with van der Waals surface area (Å²) in [5.41, 5.74) is 3.98. The van der Waals surface area contributed by atoms with Gasteiger partial charge in [-0.15, -0.1) is 0 Å². The molecule has 12 heavy (non-hydrogen) atoms. The molecule has 0 atom stereocenters. The minimum Gasteiger partial charge on any atom is -0.387 e. The van der Waals surface area contributed by atoms with E-state index in [0.717, 1.165) is 11.3 Å². The van der Waals surface area contributed by atoms with Gasteiger partial charge in [-0.05, 0) is 37.1 Å². The van der Waals surface area contributed by atoms with Crippen molar-refractivity contribution in [3.8, 4) is 6.07 Å². The number of rotatable bonds is 1. The molecule has 0 aliphatic heterocycles. The number of hydrogen-bond acceptors (Lipinski definition) is 2. The molecule has 0 saturated heterocycles. The molecule has 1 aromatic carbocycles. The minimum absolute atomic E-state index is 0.709. The van der Waals surface area contributed by atoms with Crippen LogP contribution in [-0.4, -0.2) is 7.05 Å². The third-order valence-corrected chi connectivity index (χ3v) is 2.02. The summed E-state index contributed by atoms with van der Waals surface area (Å²) in [6, 6.07) is 6.05. The lowest BCUT2D eigenvalue weighted by Gasteiger charge is -2.06. The topological polar surface area (TPSA) is 35.8 Å². The molecule has 0 aromatic heterocycles. The second-order valence-corrected chi connectivity index (χ2v) is 2.84. The van der Waals surface area contributed by atoms with Crippen molar-refractivity contribution in [3.05, 3.63) is 28.8 Å². The number of aryl methyl sites for hydroxylation is 2. The number of nitrogens with one attached hydrogen (secondary N) is 1. The molecule has 0 spiro atoms. The van der Waals surface area contributed by atoms with Crippen LogP contribution in [0.25, 0.3) is 0 Å². The highest BCUT2D eigenvalue weighted by Gasteiger charge is 2.01. The summed E-state index contributed by atoms with van der Waals surface area (Å²) in [7, 11) is 1.82. The Morgan fingerprint density at radius 2 is 1.83 bits per heavy atom. The van der Waals surface area contributed by atoms with Gasteiger partial charge in [0.05, 0.1) is 11.3 Å². The number of hydrogen-bond donors (Lipinski definition) is 1. The highest BCUT2D eigenvalue weighted by Crippen LogP contribution is 2.19. The fraction of sp³-hybridized carbons (Fsp3) is 0.300. The van der Waals surface area contributed by atoms with E-state index in [1.165, 1.54) is 5.56 Å². The molecular formula is C10H12N2. The highest BCUT2D eigenvalue weighted by molar-refractivity contribution is 5.60. The second kappa shape index (κ2) is 3.27. The van der Waals surface area contributed by atoms with Crippen LogP contribution in [0.2, 0.25) is 0 Å². The molecule has 0 bridgehead atoms. The smallest absolute Gasteiger partial charge is 0.101 e. The fourth-order valence-corrected chi connectivity index (χ4v) is 1.12. The van der Waals surface area contributed by atoms with Crippen molar-refractivity contribution in [3.63, 3.8) is 0 Å². The molecule has 2 nitrogen and oxygen atoms in total. The number of nitriles is 1. The summed E-state index contributed by atoms with van der Waals surface area (Å²) in [5.74, 6) is 0. The van der Waals surface area contributed by atoms with Crippen LogP contribution in [0, 0.1) is 25.2 Å². The van der Waals surface area contributed by atoms with Crippen LogP contribution < -0.4 is 5.32 Å². The quantitative estimate of drug-likeness (QED) is 0.683. The Morgan fingerprint density at radius 1 is 1.25 bits per heavy atom. The molecule has 0 fully saturated rings. The Kier molecular flexibility index (Phi) is 2.35. The zero-order valence-corrected chi connectivity index (χ0v) is 7.60. The van der Waals surface area contributed by atoms with Gasteiger partial charge < -0.3 is 5.32 Å². The largest absolute Gasteiger partial charge is 0.387 e. The maximum Gasteiger partial charge on any atom is 0.101 e. The van der Waals surface area contributed by atoms with Gasteiger partial charge in [-0.2, -0.15) is 5.26 Å². The molecule has 0 aliphatic carbocycles. The van der Waals surface area contributed by atoms with Crippen LogP contribution >= 0.6 is 0 Å². The third-order valence-electron chi connectivity index (χ3n) is 2.02. The van der Waals surface area contributed by atoms with Gasteiger partial charge in [0.25, 0.3) is 0 Å². The van der Waals surface area contributed by atoms with Crippen LogP contribution in [0.1, 0.15) is 16.7 Å². The molecule has 0 radical (unpaired) electrons. The SMILES string of the molecule is CNc1cc(C)c(C)cc1C#N. The van der Waals surface area contributed by atoms with Crippen LogP contribution in [0.3, 0.4) is 0 Å². The Hall–Kier alpha value is -1.49. The first-order valence-corrected chi connectivity index (χ1v) is 3.88. The first-order chi connectivity index (χ1) is 5.69. The van der Waals surface area contributed by atoms with Crippen molar-refractivity contribution < 1.29 is 0 Å². The Morgan fingerprint density at radius 3 is 2.33 bits per heavy atom. The zero-order valence-electron chi connectivity index (χ0n) is 7.60. The molecule has 1 N–H and O–H groups in total. The lowest BCUT2D eigenvalue weighted by Crippen LogP contribution is -1.94. The molecular weight excluding hydrogens is 148 g/mol. The molecule has 0 aliphatic rings. The Balaban J connectivity index is 3.31. The van der Waals surface area contributed by atoms with E-state index in [-0.39, 0.29) is 0 Å². The molecule has 1 rings (SSSR count). The van der Waals surface area contributed by atoms with Gasteiger partial charge in [-0.1, -0.05) is 0 Å². The monoisotopic (exact) mass is 160 g/mol. The van der Waals surface area contributed by atoms with Crippen LogP contribution in [0.4, 0.5) is 5.69 Å². The van der Waals surface area contributed by atoms with E-state index < -0.39 is 0 Å². The predicted octanol–water partition coefficient (Wildman–Crippen LogP) is 2.22. The van der Waals surface area contributed by atoms with Crippen molar-refractivity contribution in [2.24, 2.45) is 0 Å².